The van der Waals surface area contributed by atoms with Gasteiger partial charge in [0.1, 0.15) is 12.1 Å². The second kappa shape index (κ2) is 6.20. The molecule has 2 aliphatic rings. The maximum atomic E-state index is 12.7. The van der Waals surface area contributed by atoms with Crippen LogP contribution < -0.4 is 0 Å². The third kappa shape index (κ3) is 3.03. The molecular formula is C17H22N4O2. The zero-order valence-electron chi connectivity index (χ0n) is 13.2. The van der Waals surface area contributed by atoms with E-state index in [0.717, 1.165) is 25.5 Å². The molecule has 2 aromatic heterocycles. The maximum absolute atomic E-state index is 12.7. The Morgan fingerprint density at radius 1 is 1.30 bits per heavy atom. The molecule has 6 nitrogen and oxygen atoms in total. The van der Waals surface area contributed by atoms with Gasteiger partial charge < -0.3 is 18.8 Å². The van der Waals surface area contributed by atoms with Crippen molar-refractivity contribution in [2.75, 3.05) is 26.2 Å². The highest BCUT2D eigenvalue weighted by Gasteiger charge is 2.28. The Labute approximate surface area is 135 Å². The van der Waals surface area contributed by atoms with E-state index in [2.05, 4.69) is 14.5 Å². The van der Waals surface area contributed by atoms with Crippen LogP contribution in [0.5, 0.6) is 0 Å². The fourth-order valence-electron chi connectivity index (χ4n) is 3.71. The summed E-state index contributed by atoms with van der Waals surface area (Å²) in [4.78, 5) is 21.6. The van der Waals surface area contributed by atoms with Crippen molar-refractivity contribution in [3.05, 3.63) is 42.4 Å². The largest absolute Gasteiger partial charge is 0.472 e. The molecule has 1 unspecified atom stereocenters. The first-order valence-electron chi connectivity index (χ1n) is 8.33. The number of carbonyl (C=O) groups excluding carboxylic acids is 1. The SMILES string of the molecule is O=C(c1ccoc1)N1Cc2nccn2CC(CN2CCCC2)C1. The van der Waals surface area contributed by atoms with E-state index < -0.39 is 0 Å². The van der Waals surface area contributed by atoms with E-state index in [-0.39, 0.29) is 5.91 Å². The van der Waals surface area contributed by atoms with Crippen LogP contribution >= 0.6 is 0 Å². The average molecular weight is 314 g/mol. The molecule has 4 rings (SSSR count). The van der Waals surface area contributed by atoms with Crippen molar-refractivity contribution in [1.82, 2.24) is 19.4 Å². The number of fused-ring (bicyclic) bond motifs is 1. The second-order valence-electron chi connectivity index (χ2n) is 6.57. The summed E-state index contributed by atoms with van der Waals surface area (Å²) >= 11 is 0. The average Bonchev–Trinajstić information content (AvgIpc) is 3.28. The number of likely N-dealkylation sites (tertiary alicyclic amines) is 1. The van der Waals surface area contributed by atoms with Gasteiger partial charge in [0.15, 0.2) is 0 Å². The van der Waals surface area contributed by atoms with Crippen LogP contribution in [0.2, 0.25) is 0 Å². The van der Waals surface area contributed by atoms with Gasteiger partial charge in [-0.05, 0) is 32.0 Å². The first kappa shape index (κ1) is 14.5. The summed E-state index contributed by atoms with van der Waals surface area (Å²) in [5.74, 6) is 1.42. The number of hydrogen-bond donors (Lipinski definition) is 0. The molecule has 0 aliphatic carbocycles. The Bertz CT molecular complexity index is 658. The van der Waals surface area contributed by atoms with Crippen LogP contribution in [0, 0.1) is 5.92 Å². The lowest BCUT2D eigenvalue weighted by Crippen LogP contribution is -2.38. The normalized spacial score (nSPS) is 22.1. The number of amides is 1. The molecule has 1 saturated heterocycles. The molecule has 23 heavy (non-hydrogen) atoms. The predicted octanol–water partition coefficient (Wildman–Crippen LogP) is 1.84. The number of carbonyl (C=O) groups is 1. The Morgan fingerprint density at radius 3 is 2.96 bits per heavy atom. The first-order chi connectivity index (χ1) is 11.3. The molecule has 1 amide bonds. The molecule has 0 radical (unpaired) electrons. The quantitative estimate of drug-likeness (QED) is 0.867. The zero-order valence-corrected chi connectivity index (χ0v) is 13.2. The van der Waals surface area contributed by atoms with Gasteiger partial charge >= 0.3 is 0 Å². The summed E-state index contributed by atoms with van der Waals surface area (Å²) in [5.41, 5.74) is 0.616. The number of nitrogens with zero attached hydrogens (tertiary/aromatic N) is 4. The van der Waals surface area contributed by atoms with E-state index in [1.165, 1.54) is 32.2 Å². The van der Waals surface area contributed by atoms with Gasteiger partial charge in [-0.1, -0.05) is 0 Å². The molecule has 122 valence electrons. The second-order valence-corrected chi connectivity index (χ2v) is 6.57. The molecule has 0 N–H and O–H groups in total. The van der Waals surface area contributed by atoms with Gasteiger partial charge in [-0.2, -0.15) is 0 Å². The lowest BCUT2D eigenvalue weighted by Gasteiger charge is -2.27. The van der Waals surface area contributed by atoms with Crippen molar-refractivity contribution in [2.45, 2.75) is 25.9 Å². The van der Waals surface area contributed by atoms with Gasteiger partial charge in [0.05, 0.1) is 18.4 Å². The fourth-order valence-corrected chi connectivity index (χ4v) is 3.71. The number of imidazole rings is 1. The summed E-state index contributed by atoms with van der Waals surface area (Å²) in [6.07, 6.45) is 9.51. The van der Waals surface area contributed by atoms with Crippen molar-refractivity contribution < 1.29 is 9.21 Å². The van der Waals surface area contributed by atoms with Crippen molar-refractivity contribution in [1.29, 1.82) is 0 Å². The van der Waals surface area contributed by atoms with E-state index in [1.54, 1.807) is 12.3 Å². The van der Waals surface area contributed by atoms with Crippen LogP contribution in [0.15, 0.2) is 35.4 Å². The van der Waals surface area contributed by atoms with E-state index in [4.69, 9.17) is 4.42 Å². The van der Waals surface area contributed by atoms with Crippen molar-refractivity contribution >= 4 is 5.91 Å². The van der Waals surface area contributed by atoms with Crippen LogP contribution in [0.3, 0.4) is 0 Å². The Balaban J connectivity index is 1.55. The van der Waals surface area contributed by atoms with E-state index >= 15 is 0 Å². The van der Waals surface area contributed by atoms with Crippen LogP contribution in [0.25, 0.3) is 0 Å². The number of rotatable bonds is 3. The maximum Gasteiger partial charge on any atom is 0.257 e. The number of aromatic nitrogens is 2. The molecule has 2 aromatic rings. The minimum Gasteiger partial charge on any atom is -0.472 e. The summed E-state index contributed by atoms with van der Waals surface area (Å²) in [6, 6.07) is 1.73. The van der Waals surface area contributed by atoms with Crippen LogP contribution in [0.4, 0.5) is 0 Å². The van der Waals surface area contributed by atoms with Gasteiger partial charge in [-0.25, -0.2) is 4.98 Å². The minimum atomic E-state index is 0.0293. The van der Waals surface area contributed by atoms with Gasteiger partial charge in [0.25, 0.3) is 5.91 Å². The molecule has 0 saturated carbocycles. The molecule has 6 heteroatoms. The molecule has 1 fully saturated rings. The van der Waals surface area contributed by atoms with Crippen molar-refractivity contribution in [2.24, 2.45) is 5.92 Å². The van der Waals surface area contributed by atoms with E-state index in [1.807, 2.05) is 17.3 Å². The first-order valence-corrected chi connectivity index (χ1v) is 8.33. The molecular weight excluding hydrogens is 292 g/mol. The minimum absolute atomic E-state index is 0.0293. The summed E-state index contributed by atoms with van der Waals surface area (Å²) in [5, 5.41) is 0. The number of hydrogen-bond acceptors (Lipinski definition) is 4. The highest BCUT2D eigenvalue weighted by Crippen LogP contribution is 2.20. The number of furan rings is 1. The standard InChI is InChI=1S/C17H22N4O2/c22-17(15-3-8-23-13-15)21-11-14(9-19-5-1-2-6-19)10-20-7-4-18-16(20)12-21/h3-4,7-8,13-14H,1-2,5-6,9-12H2. The Kier molecular flexibility index (Phi) is 3.91. The Morgan fingerprint density at radius 2 is 2.17 bits per heavy atom. The van der Waals surface area contributed by atoms with E-state index in [9.17, 15) is 4.79 Å². The molecule has 0 spiro atoms. The van der Waals surface area contributed by atoms with Gasteiger partial charge in [-0.15, -0.1) is 0 Å². The molecule has 2 aliphatic heterocycles. The van der Waals surface area contributed by atoms with Crippen LogP contribution in [-0.2, 0) is 13.1 Å². The highest BCUT2D eigenvalue weighted by atomic mass is 16.3. The molecule has 0 aromatic carbocycles. The Hall–Kier alpha value is -2.08. The topological polar surface area (TPSA) is 54.5 Å². The van der Waals surface area contributed by atoms with E-state index in [0.29, 0.717) is 18.0 Å². The lowest BCUT2D eigenvalue weighted by molar-refractivity contribution is 0.0706. The monoisotopic (exact) mass is 314 g/mol. The third-order valence-corrected chi connectivity index (χ3v) is 4.84. The van der Waals surface area contributed by atoms with Gasteiger partial charge in [0, 0.05) is 37.9 Å². The summed E-state index contributed by atoms with van der Waals surface area (Å²) in [6.45, 7) is 5.68. The zero-order chi connectivity index (χ0) is 15.6. The van der Waals surface area contributed by atoms with Crippen molar-refractivity contribution in [3.63, 3.8) is 0 Å². The lowest BCUT2D eigenvalue weighted by atomic mass is 10.1. The fraction of sp³-hybridized carbons (Fsp3) is 0.529. The molecule has 4 heterocycles. The predicted molar refractivity (Wildman–Crippen MR) is 84.8 cm³/mol. The van der Waals surface area contributed by atoms with Crippen LogP contribution in [0.1, 0.15) is 29.0 Å². The van der Waals surface area contributed by atoms with Crippen LogP contribution in [-0.4, -0.2) is 51.4 Å². The third-order valence-electron chi connectivity index (χ3n) is 4.84. The molecule has 1 atom stereocenters. The summed E-state index contributed by atoms with van der Waals surface area (Å²) in [7, 11) is 0. The summed E-state index contributed by atoms with van der Waals surface area (Å²) < 4.78 is 7.27. The van der Waals surface area contributed by atoms with Crippen molar-refractivity contribution in [3.8, 4) is 0 Å². The smallest absolute Gasteiger partial charge is 0.257 e. The highest BCUT2D eigenvalue weighted by molar-refractivity contribution is 5.93. The molecule has 0 bridgehead atoms. The van der Waals surface area contributed by atoms with Gasteiger partial charge in [-0.3, -0.25) is 4.79 Å². The van der Waals surface area contributed by atoms with Gasteiger partial charge in [0.2, 0.25) is 0 Å².